The van der Waals surface area contributed by atoms with Crippen molar-refractivity contribution in [2.24, 2.45) is 7.05 Å². The number of halogens is 3. The fraction of sp³-hybridized carbons (Fsp3) is 0.167. The third-order valence-electron chi connectivity index (χ3n) is 3.93. The van der Waals surface area contributed by atoms with Crippen LogP contribution in [0.2, 0.25) is 0 Å². The van der Waals surface area contributed by atoms with E-state index in [2.05, 4.69) is 4.74 Å². The lowest BCUT2D eigenvalue weighted by Crippen LogP contribution is -2.29. The summed E-state index contributed by atoms with van der Waals surface area (Å²) in [6.07, 6.45) is -2.11. The maximum absolute atomic E-state index is 12.3. The van der Waals surface area contributed by atoms with Crippen LogP contribution in [0.5, 0.6) is 5.75 Å². The molecule has 0 spiro atoms. The number of carbonyl (C=O) groups is 1. The largest absolute Gasteiger partial charge is 0.573 e. The van der Waals surface area contributed by atoms with Gasteiger partial charge in [0.05, 0.1) is 6.26 Å². The van der Waals surface area contributed by atoms with Gasteiger partial charge in [-0.2, -0.15) is 0 Å². The molecule has 0 atom stereocenters. The summed E-state index contributed by atoms with van der Waals surface area (Å²) < 4.78 is 66.8. The van der Waals surface area contributed by atoms with Crippen molar-refractivity contribution in [3.8, 4) is 16.9 Å². The highest BCUT2D eigenvalue weighted by atomic mass is 32.2. The molecule has 0 fully saturated rings. The number of benzene rings is 2. The Bertz CT molecular complexity index is 1150. The Morgan fingerprint density at radius 2 is 1.75 bits per heavy atom. The molecule has 0 aliphatic heterocycles. The number of sulfonamides is 1. The van der Waals surface area contributed by atoms with Crippen molar-refractivity contribution in [3.05, 3.63) is 54.2 Å². The molecule has 2 aromatic carbocycles. The number of carbonyl (C=O) groups excluding carboxylic acids is 1. The van der Waals surface area contributed by atoms with Gasteiger partial charge in [0.2, 0.25) is 10.0 Å². The molecule has 0 bridgehead atoms. The number of amides is 1. The van der Waals surface area contributed by atoms with Crippen molar-refractivity contribution in [2.75, 3.05) is 6.26 Å². The Kier molecular flexibility index (Phi) is 4.84. The van der Waals surface area contributed by atoms with Gasteiger partial charge in [-0.05, 0) is 29.8 Å². The normalized spacial score (nSPS) is 12.2. The third-order valence-corrected chi connectivity index (χ3v) is 4.49. The molecule has 0 saturated carbocycles. The summed E-state index contributed by atoms with van der Waals surface area (Å²) in [6.45, 7) is 0. The van der Waals surface area contributed by atoms with Crippen LogP contribution in [-0.2, 0) is 17.1 Å². The lowest BCUT2D eigenvalue weighted by Gasteiger charge is -2.09. The number of rotatable bonds is 4. The number of nitrogens with one attached hydrogen (secondary N) is 1. The number of nitrogens with zero attached hydrogens (tertiary/aromatic N) is 1. The monoisotopic (exact) mass is 412 g/mol. The standard InChI is InChI=1S/C18H15F3N2O4S/c1-23-10-15(11-3-6-13(7-4-11)27-18(19,20)21)14-8-5-12(9-16(14)23)17(24)22-28(2,25)26/h3-10H,1-2H3,(H,22,24). The quantitative estimate of drug-likeness (QED) is 0.712. The average molecular weight is 412 g/mol. The molecular weight excluding hydrogens is 397 g/mol. The molecule has 0 saturated heterocycles. The minimum atomic E-state index is -4.76. The van der Waals surface area contributed by atoms with Gasteiger partial charge in [-0.1, -0.05) is 18.2 Å². The van der Waals surface area contributed by atoms with Gasteiger partial charge in [-0.25, -0.2) is 13.1 Å². The minimum Gasteiger partial charge on any atom is -0.406 e. The topological polar surface area (TPSA) is 77.4 Å². The van der Waals surface area contributed by atoms with Crippen LogP contribution in [0, 0.1) is 0 Å². The lowest BCUT2D eigenvalue weighted by atomic mass is 10.0. The van der Waals surface area contributed by atoms with Crippen LogP contribution >= 0.6 is 0 Å². The first-order valence-electron chi connectivity index (χ1n) is 7.90. The number of aryl methyl sites for hydroxylation is 1. The smallest absolute Gasteiger partial charge is 0.406 e. The molecule has 0 aliphatic carbocycles. The van der Waals surface area contributed by atoms with E-state index in [-0.39, 0.29) is 11.3 Å². The van der Waals surface area contributed by atoms with Gasteiger partial charge in [0, 0.05) is 35.3 Å². The summed E-state index contributed by atoms with van der Waals surface area (Å²) in [4.78, 5) is 12.0. The Labute approximate surface area is 158 Å². The molecule has 1 heterocycles. The van der Waals surface area contributed by atoms with E-state index >= 15 is 0 Å². The maximum atomic E-state index is 12.3. The van der Waals surface area contributed by atoms with Crippen LogP contribution in [-0.4, -0.2) is 31.5 Å². The molecule has 1 aromatic heterocycles. The van der Waals surface area contributed by atoms with Crippen LogP contribution in [0.4, 0.5) is 13.2 Å². The van der Waals surface area contributed by atoms with Crippen molar-refractivity contribution in [1.29, 1.82) is 0 Å². The van der Waals surface area contributed by atoms with E-state index in [0.29, 0.717) is 11.1 Å². The fourth-order valence-electron chi connectivity index (χ4n) is 2.82. The van der Waals surface area contributed by atoms with Crippen molar-refractivity contribution in [3.63, 3.8) is 0 Å². The molecule has 3 aromatic rings. The zero-order chi connectivity index (χ0) is 20.7. The van der Waals surface area contributed by atoms with Gasteiger partial charge in [0.1, 0.15) is 5.75 Å². The first-order valence-corrected chi connectivity index (χ1v) is 9.79. The summed E-state index contributed by atoms with van der Waals surface area (Å²) in [7, 11) is -1.95. The SMILES string of the molecule is Cn1cc(-c2ccc(OC(F)(F)F)cc2)c2ccc(C(=O)NS(C)(=O)=O)cc21. The molecule has 10 heteroatoms. The average Bonchev–Trinajstić information content (AvgIpc) is 2.89. The van der Waals surface area contributed by atoms with Crippen LogP contribution in [0.15, 0.2) is 48.7 Å². The zero-order valence-electron chi connectivity index (χ0n) is 14.7. The molecule has 148 valence electrons. The van der Waals surface area contributed by atoms with Gasteiger partial charge in [-0.15, -0.1) is 13.2 Å². The third kappa shape index (κ3) is 4.45. The van der Waals surface area contributed by atoms with Gasteiger partial charge in [-0.3, -0.25) is 4.79 Å². The van der Waals surface area contributed by atoms with E-state index in [1.807, 2.05) is 4.72 Å². The van der Waals surface area contributed by atoms with E-state index in [1.54, 1.807) is 29.9 Å². The Morgan fingerprint density at radius 3 is 2.32 bits per heavy atom. The number of hydrogen-bond acceptors (Lipinski definition) is 4. The summed E-state index contributed by atoms with van der Waals surface area (Å²) in [6, 6.07) is 10.1. The number of alkyl halides is 3. The van der Waals surface area contributed by atoms with Gasteiger partial charge >= 0.3 is 6.36 Å². The molecule has 1 amide bonds. The molecular formula is C18H15F3N2O4S. The first kappa shape index (κ1) is 19.7. The maximum Gasteiger partial charge on any atom is 0.573 e. The highest BCUT2D eigenvalue weighted by Gasteiger charge is 2.31. The molecule has 28 heavy (non-hydrogen) atoms. The van der Waals surface area contributed by atoms with Crippen molar-refractivity contribution >= 4 is 26.8 Å². The minimum absolute atomic E-state index is 0.166. The predicted octanol–water partition coefficient (Wildman–Crippen LogP) is 3.43. The van der Waals surface area contributed by atoms with Crippen LogP contribution in [0.25, 0.3) is 22.0 Å². The highest BCUT2D eigenvalue weighted by molar-refractivity contribution is 7.89. The summed E-state index contributed by atoms with van der Waals surface area (Å²) in [5.41, 5.74) is 2.23. The van der Waals surface area contributed by atoms with Crippen LogP contribution in [0.1, 0.15) is 10.4 Å². The van der Waals surface area contributed by atoms with Crippen LogP contribution in [0.3, 0.4) is 0 Å². The van der Waals surface area contributed by atoms with Crippen molar-refractivity contribution in [2.45, 2.75) is 6.36 Å². The van der Waals surface area contributed by atoms with E-state index in [9.17, 15) is 26.4 Å². The number of aromatic nitrogens is 1. The second kappa shape index (κ2) is 6.86. The number of fused-ring (bicyclic) bond motifs is 1. The summed E-state index contributed by atoms with van der Waals surface area (Å²) in [5.74, 6) is -1.07. The van der Waals surface area contributed by atoms with E-state index in [4.69, 9.17) is 0 Å². The van der Waals surface area contributed by atoms with E-state index < -0.39 is 22.3 Å². The first-order chi connectivity index (χ1) is 12.9. The second-order valence-electron chi connectivity index (χ2n) is 6.16. The molecule has 0 unspecified atom stereocenters. The Hall–Kier alpha value is -3.01. The molecule has 1 N–H and O–H groups in total. The van der Waals surface area contributed by atoms with Gasteiger partial charge < -0.3 is 9.30 Å². The zero-order valence-corrected chi connectivity index (χ0v) is 15.6. The van der Waals surface area contributed by atoms with Gasteiger partial charge in [0.15, 0.2) is 0 Å². The molecule has 0 radical (unpaired) electrons. The van der Waals surface area contributed by atoms with Gasteiger partial charge in [0.25, 0.3) is 5.91 Å². The molecule has 6 nitrogen and oxygen atoms in total. The van der Waals surface area contributed by atoms with E-state index in [1.165, 1.54) is 30.3 Å². The summed E-state index contributed by atoms with van der Waals surface area (Å²) >= 11 is 0. The Balaban J connectivity index is 1.96. The number of hydrogen-bond donors (Lipinski definition) is 1. The predicted molar refractivity (Wildman–Crippen MR) is 97.3 cm³/mol. The van der Waals surface area contributed by atoms with Crippen LogP contribution < -0.4 is 9.46 Å². The lowest BCUT2D eigenvalue weighted by molar-refractivity contribution is -0.274. The second-order valence-corrected chi connectivity index (χ2v) is 7.91. The highest BCUT2D eigenvalue weighted by Crippen LogP contribution is 2.32. The molecule has 0 aliphatic rings. The fourth-order valence-corrected chi connectivity index (χ4v) is 3.27. The van der Waals surface area contributed by atoms with E-state index in [0.717, 1.165) is 17.2 Å². The van der Waals surface area contributed by atoms with Crippen molar-refractivity contribution < 1.29 is 31.1 Å². The number of ether oxygens (including phenoxy) is 1. The summed E-state index contributed by atoms with van der Waals surface area (Å²) in [5, 5.41) is 0.753. The molecule has 3 rings (SSSR count). The Morgan fingerprint density at radius 1 is 1.11 bits per heavy atom. The van der Waals surface area contributed by atoms with Crippen molar-refractivity contribution in [1.82, 2.24) is 9.29 Å².